The van der Waals surface area contributed by atoms with Crippen LogP contribution in [0.5, 0.6) is 0 Å². The number of hydrogen-bond acceptors (Lipinski definition) is 4. The number of rotatable bonds is 6. The summed E-state index contributed by atoms with van der Waals surface area (Å²) in [6, 6.07) is 13.1. The van der Waals surface area contributed by atoms with Crippen molar-refractivity contribution in [3.8, 4) is 0 Å². The van der Waals surface area contributed by atoms with Crippen LogP contribution in [0.1, 0.15) is 11.3 Å². The molecule has 1 heterocycles. The molecule has 1 aromatic carbocycles. The van der Waals surface area contributed by atoms with Crippen LogP contribution in [0.2, 0.25) is 0 Å². The fourth-order valence-corrected chi connectivity index (χ4v) is 1.65. The second kappa shape index (κ2) is 5.97. The number of hydrogen-bond donors (Lipinski definition) is 1. The molecule has 2 aromatic rings. The second-order valence-electron chi connectivity index (χ2n) is 3.91. The van der Waals surface area contributed by atoms with Gasteiger partial charge in [-0.25, -0.2) is 0 Å². The fourth-order valence-electron chi connectivity index (χ4n) is 1.65. The van der Waals surface area contributed by atoms with Crippen molar-refractivity contribution in [3.05, 3.63) is 63.9 Å². The molecular formula is C13H14N2O3. The normalized spacial score (nSPS) is 10.4. The first-order valence-electron chi connectivity index (χ1n) is 5.73. The van der Waals surface area contributed by atoms with Crippen molar-refractivity contribution in [1.29, 1.82) is 0 Å². The molecule has 0 amide bonds. The number of nitro groups is 1. The zero-order valence-corrected chi connectivity index (χ0v) is 9.83. The van der Waals surface area contributed by atoms with Gasteiger partial charge in [-0.1, -0.05) is 30.3 Å². The van der Waals surface area contributed by atoms with Gasteiger partial charge in [0.2, 0.25) is 0 Å². The molecule has 0 unspecified atom stereocenters. The third kappa shape index (κ3) is 3.43. The average Bonchev–Trinajstić information content (AvgIpc) is 2.85. The molecule has 1 N–H and O–H groups in total. The summed E-state index contributed by atoms with van der Waals surface area (Å²) in [6.07, 6.45) is 0.920. The van der Waals surface area contributed by atoms with Gasteiger partial charge in [-0.15, -0.1) is 0 Å². The summed E-state index contributed by atoms with van der Waals surface area (Å²) in [5.74, 6) is 0.365. The molecule has 0 fully saturated rings. The van der Waals surface area contributed by atoms with E-state index in [0.717, 1.165) is 13.0 Å². The molecule has 0 aliphatic rings. The van der Waals surface area contributed by atoms with Crippen molar-refractivity contribution >= 4 is 5.88 Å². The van der Waals surface area contributed by atoms with E-state index in [1.807, 2.05) is 18.2 Å². The van der Waals surface area contributed by atoms with Crippen molar-refractivity contribution in [2.24, 2.45) is 0 Å². The summed E-state index contributed by atoms with van der Waals surface area (Å²) >= 11 is 0. The fraction of sp³-hybridized carbons (Fsp3) is 0.231. The maximum absolute atomic E-state index is 10.4. The third-order valence-corrected chi connectivity index (χ3v) is 2.56. The Kier molecular flexibility index (Phi) is 4.09. The van der Waals surface area contributed by atoms with Crippen LogP contribution in [0.4, 0.5) is 5.88 Å². The summed E-state index contributed by atoms with van der Waals surface area (Å²) in [7, 11) is 0. The summed E-state index contributed by atoms with van der Waals surface area (Å²) in [5, 5.41) is 13.6. The minimum atomic E-state index is -0.534. The van der Waals surface area contributed by atoms with Crippen molar-refractivity contribution in [1.82, 2.24) is 5.32 Å². The van der Waals surface area contributed by atoms with Crippen LogP contribution in [-0.4, -0.2) is 11.5 Å². The van der Waals surface area contributed by atoms with Crippen molar-refractivity contribution in [3.63, 3.8) is 0 Å². The molecule has 94 valence electrons. The zero-order chi connectivity index (χ0) is 12.8. The van der Waals surface area contributed by atoms with Gasteiger partial charge in [-0.3, -0.25) is 10.1 Å². The van der Waals surface area contributed by atoms with Gasteiger partial charge in [0.15, 0.2) is 0 Å². The van der Waals surface area contributed by atoms with Crippen molar-refractivity contribution < 1.29 is 9.34 Å². The van der Waals surface area contributed by atoms with Crippen LogP contribution >= 0.6 is 0 Å². The van der Waals surface area contributed by atoms with E-state index in [1.54, 1.807) is 6.07 Å². The molecule has 0 atom stereocenters. The Balaban J connectivity index is 1.73. The van der Waals surface area contributed by atoms with Crippen LogP contribution in [0.25, 0.3) is 0 Å². The minimum Gasteiger partial charge on any atom is -0.404 e. The van der Waals surface area contributed by atoms with Crippen LogP contribution in [0.3, 0.4) is 0 Å². The summed E-state index contributed by atoms with van der Waals surface area (Å²) < 4.78 is 5.04. The van der Waals surface area contributed by atoms with E-state index in [0.29, 0.717) is 12.3 Å². The number of furan rings is 1. The molecule has 1 aromatic heterocycles. The number of nitrogens with one attached hydrogen (secondary N) is 1. The highest BCUT2D eigenvalue weighted by atomic mass is 16.6. The standard InChI is InChI=1S/C13H14N2O3/c16-15(17)13-7-6-12(18-13)10-14-9-8-11-4-2-1-3-5-11/h1-7,14H,8-10H2. The maximum Gasteiger partial charge on any atom is 0.433 e. The van der Waals surface area contributed by atoms with Gasteiger partial charge in [0, 0.05) is 0 Å². The van der Waals surface area contributed by atoms with E-state index >= 15 is 0 Å². The maximum atomic E-state index is 10.4. The Morgan fingerprint density at radius 1 is 1.17 bits per heavy atom. The Labute approximate surface area is 105 Å². The summed E-state index contributed by atoms with van der Waals surface area (Å²) in [6.45, 7) is 1.30. The topological polar surface area (TPSA) is 68.3 Å². The Morgan fingerprint density at radius 3 is 2.61 bits per heavy atom. The molecule has 0 bridgehead atoms. The van der Waals surface area contributed by atoms with E-state index in [-0.39, 0.29) is 5.88 Å². The smallest absolute Gasteiger partial charge is 0.404 e. The first-order valence-corrected chi connectivity index (χ1v) is 5.73. The highest BCUT2D eigenvalue weighted by Crippen LogP contribution is 2.15. The van der Waals surface area contributed by atoms with Gasteiger partial charge < -0.3 is 9.73 Å². The average molecular weight is 246 g/mol. The van der Waals surface area contributed by atoms with Gasteiger partial charge in [0.05, 0.1) is 12.6 Å². The van der Waals surface area contributed by atoms with E-state index in [1.165, 1.54) is 11.6 Å². The van der Waals surface area contributed by atoms with E-state index in [9.17, 15) is 10.1 Å². The molecule has 0 saturated carbocycles. The largest absolute Gasteiger partial charge is 0.433 e. The molecule has 18 heavy (non-hydrogen) atoms. The van der Waals surface area contributed by atoms with Gasteiger partial charge in [0.25, 0.3) is 0 Å². The predicted molar refractivity (Wildman–Crippen MR) is 67.2 cm³/mol. The van der Waals surface area contributed by atoms with Crippen LogP contribution in [0.15, 0.2) is 46.9 Å². The van der Waals surface area contributed by atoms with E-state index in [4.69, 9.17) is 4.42 Å². The van der Waals surface area contributed by atoms with Crippen LogP contribution < -0.4 is 5.32 Å². The highest BCUT2D eigenvalue weighted by Gasteiger charge is 2.10. The molecule has 0 aliphatic carbocycles. The van der Waals surface area contributed by atoms with Crippen LogP contribution in [0, 0.1) is 10.1 Å². The molecule has 5 heteroatoms. The second-order valence-corrected chi connectivity index (χ2v) is 3.91. The molecule has 0 radical (unpaired) electrons. The Morgan fingerprint density at radius 2 is 1.94 bits per heavy atom. The minimum absolute atomic E-state index is 0.213. The zero-order valence-electron chi connectivity index (χ0n) is 9.83. The summed E-state index contributed by atoms with van der Waals surface area (Å²) in [4.78, 5) is 9.89. The molecular weight excluding hydrogens is 232 g/mol. The van der Waals surface area contributed by atoms with Gasteiger partial charge >= 0.3 is 5.88 Å². The molecule has 0 spiro atoms. The van der Waals surface area contributed by atoms with Crippen molar-refractivity contribution in [2.75, 3.05) is 6.54 Å². The molecule has 2 rings (SSSR count). The lowest BCUT2D eigenvalue weighted by Crippen LogP contribution is -2.16. The lowest BCUT2D eigenvalue weighted by molar-refractivity contribution is -0.402. The monoisotopic (exact) mass is 246 g/mol. The SMILES string of the molecule is O=[N+]([O-])c1ccc(CNCCc2ccccc2)o1. The lowest BCUT2D eigenvalue weighted by Gasteiger charge is -2.02. The third-order valence-electron chi connectivity index (χ3n) is 2.56. The number of nitrogens with zero attached hydrogens (tertiary/aromatic N) is 1. The van der Waals surface area contributed by atoms with Gasteiger partial charge in [-0.05, 0) is 24.6 Å². The van der Waals surface area contributed by atoms with Crippen LogP contribution in [-0.2, 0) is 13.0 Å². The van der Waals surface area contributed by atoms with E-state index in [2.05, 4.69) is 17.4 Å². The molecule has 0 saturated heterocycles. The molecule has 0 aliphatic heterocycles. The van der Waals surface area contributed by atoms with Gasteiger partial charge in [-0.2, -0.15) is 0 Å². The molecule has 5 nitrogen and oxygen atoms in total. The van der Waals surface area contributed by atoms with Gasteiger partial charge in [0.1, 0.15) is 10.7 Å². The lowest BCUT2D eigenvalue weighted by atomic mass is 10.1. The van der Waals surface area contributed by atoms with Crippen molar-refractivity contribution in [2.45, 2.75) is 13.0 Å². The predicted octanol–water partition coefficient (Wildman–Crippen LogP) is 2.52. The first-order chi connectivity index (χ1) is 8.75. The highest BCUT2D eigenvalue weighted by molar-refractivity contribution is 5.18. The Hall–Kier alpha value is -2.14. The van der Waals surface area contributed by atoms with E-state index < -0.39 is 4.92 Å². The Bertz CT molecular complexity index is 508. The first kappa shape index (κ1) is 12.3. The quantitative estimate of drug-likeness (QED) is 0.483. The number of benzene rings is 1. The summed E-state index contributed by atoms with van der Waals surface area (Å²) in [5.41, 5.74) is 1.26.